The summed E-state index contributed by atoms with van der Waals surface area (Å²) in [6.07, 6.45) is 1.67. The van der Waals surface area contributed by atoms with E-state index in [0.29, 0.717) is 17.0 Å². The molecule has 1 aromatic heterocycles. The van der Waals surface area contributed by atoms with E-state index < -0.39 is 0 Å². The molecular formula is C14H14BrFN2O2. The van der Waals surface area contributed by atoms with Gasteiger partial charge >= 0.3 is 0 Å². The van der Waals surface area contributed by atoms with Gasteiger partial charge in [0.05, 0.1) is 13.2 Å². The number of carbonyl (C=O) groups is 1. The van der Waals surface area contributed by atoms with E-state index in [1.165, 1.54) is 19.2 Å². The zero-order chi connectivity index (χ0) is 14.7. The Morgan fingerprint density at radius 1 is 1.45 bits per heavy atom. The highest BCUT2D eigenvalue weighted by molar-refractivity contribution is 9.10. The molecule has 0 radical (unpaired) electrons. The third kappa shape index (κ3) is 3.19. The maximum Gasteiger partial charge on any atom is 0.268 e. The Hall–Kier alpha value is -1.82. The molecule has 0 aliphatic carbocycles. The summed E-state index contributed by atoms with van der Waals surface area (Å²) in [7, 11) is 1.51. The number of aromatic amines is 1. The lowest BCUT2D eigenvalue weighted by Crippen LogP contribution is -2.27. The SMILES string of the molecule is COc1ccc(F)cc1C(C)NC(=O)c1cc(Br)c[nH]1. The average molecular weight is 341 g/mol. The first-order chi connectivity index (χ1) is 9.51. The Bertz CT molecular complexity index is 627. The zero-order valence-electron chi connectivity index (χ0n) is 11.0. The van der Waals surface area contributed by atoms with Crippen molar-refractivity contribution in [3.63, 3.8) is 0 Å². The van der Waals surface area contributed by atoms with Crippen molar-refractivity contribution in [2.75, 3.05) is 7.11 Å². The van der Waals surface area contributed by atoms with Crippen molar-refractivity contribution in [3.8, 4) is 5.75 Å². The Morgan fingerprint density at radius 2 is 2.20 bits per heavy atom. The number of benzene rings is 1. The molecule has 2 N–H and O–H groups in total. The van der Waals surface area contributed by atoms with Crippen molar-refractivity contribution in [2.24, 2.45) is 0 Å². The molecule has 0 saturated carbocycles. The van der Waals surface area contributed by atoms with Crippen LogP contribution in [0.15, 0.2) is 34.9 Å². The topological polar surface area (TPSA) is 54.1 Å². The number of halogens is 2. The zero-order valence-corrected chi connectivity index (χ0v) is 12.6. The summed E-state index contributed by atoms with van der Waals surface area (Å²) in [5.74, 6) is -0.106. The number of hydrogen-bond donors (Lipinski definition) is 2. The van der Waals surface area contributed by atoms with Crippen LogP contribution in [0.1, 0.15) is 29.0 Å². The first kappa shape index (κ1) is 14.6. The van der Waals surface area contributed by atoms with Gasteiger partial charge in [-0.05, 0) is 47.1 Å². The van der Waals surface area contributed by atoms with Gasteiger partial charge in [0.25, 0.3) is 5.91 Å². The van der Waals surface area contributed by atoms with E-state index in [-0.39, 0.29) is 17.8 Å². The minimum absolute atomic E-state index is 0.269. The summed E-state index contributed by atoms with van der Waals surface area (Å²) in [6, 6.07) is 5.51. The van der Waals surface area contributed by atoms with Crippen molar-refractivity contribution >= 4 is 21.8 Å². The van der Waals surface area contributed by atoms with Crippen molar-refractivity contribution < 1.29 is 13.9 Å². The van der Waals surface area contributed by atoms with Gasteiger partial charge in [-0.3, -0.25) is 4.79 Å². The maximum atomic E-state index is 13.3. The summed E-state index contributed by atoms with van der Waals surface area (Å²) in [6.45, 7) is 1.77. The van der Waals surface area contributed by atoms with Crippen LogP contribution in [0.25, 0.3) is 0 Å². The smallest absolute Gasteiger partial charge is 0.268 e. The number of H-pyrrole nitrogens is 1. The normalized spacial score (nSPS) is 12.0. The summed E-state index contributed by atoms with van der Waals surface area (Å²) in [5, 5.41) is 2.79. The van der Waals surface area contributed by atoms with Crippen LogP contribution in [0.4, 0.5) is 4.39 Å². The fraction of sp³-hybridized carbons (Fsp3) is 0.214. The molecule has 1 aromatic carbocycles. The molecule has 0 spiro atoms. The number of ether oxygens (including phenoxy) is 1. The van der Waals surface area contributed by atoms with Crippen molar-refractivity contribution in [3.05, 3.63) is 52.0 Å². The van der Waals surface area contributed by atoms with Gasteiger partial charge in [-0.25, -0.2) is 4.39 Å². The van der Waals surface area contributed by atoms with E-state index in [1.807, 2.05) is 0 Å². The van der Waals surface area contributed by atoms with Gasteiger partial charge in [0.1, 0.15) is 17.3 Å². The molecule has 0 bridgehead atoms. The molecule has 2 aromatic rings. The Balaban J connectivity index is 2.17. The number of hydrogen-bond acceptors (Lipinski definition) is 2. The summed E-state index contributed by atoms with van der Waals surface area (Å²) in [5.41, 5.74) is 1.02. The second-order valence-corrected chi connectivity index (χ2v) is 5.23. The quantitative estimate of drug-likeness (QED) is 0.895. The van der Waals surface area contributed by atoms with Crippen LogP contribution in [-0.2, 0) is 0 Å². The molecule has 20 heavy (non-hydrogen) atoms. The number of nitrogens with one attached hydrogen (secondary N) is 2. The van der Waals surface area contributed by atoms with E-state index in [0.717, 1.165) is 4.47 Å². The molecule has 1 unspecified atom stereocenters. The Morgan fingerprint density at radius 3 is 2.80 bits per heavy atom. The van der Waals surface area contributed by atoms with E-state index in [4.69, 9.17) is 4.74 Å². The van der Waals surface area contributed by atoms with E-state index in [9.17, 15) is 9.18 Å². The molecule has 0 aliphatic heterocycles. The minimum Gasteiger partial charge on any atom is -0.496 e. The van der Waals surface area contributed by atoms with Crippen LogP contribution in [-0.4, -0.2) is 18.0 Å². The fourth-order valence-corrected chi connectivity index (χ4v) is 2.24. The van der Waals surface area contributed by atoms with Gasteiger partial charge in [0.15, 0.2) is 0 Å². The van der Waals surface area contributed by atoms with Gasteiger partial charge in [-0.1, -0.05) is 0 Å². The maximum absolute atomic E-state index is 13.3. The first-order valence-corrected chi connectivity index (χ1v) is 6.78. The third-order valence-electron chi connectivity index (χ3n) is 2.90. The van der Waals surface area contributed by atoms with Gasteiger partial charge < -0.3 is 15.0 Å². The van der Waals surface area contributed by atoms with E-state index in [1.54, 1.807) is 25.3 Å². The van der Waals surface area contributed by atoms with Crippen LogP contribution in [0.2, 0.25) is 0 Å². The van der Waals surface area contributed by atoms with Gasteiger partial charge in [-0.2, -0.15) is 0 Å². The molecule has 106 valence electrons. The summed E-state index contributed by atoms with van der Waals surface area (Å²) >= 11 is 3.26. The van der Waals surface area contributed by atoms with Crippen molar-refractivity contribution in [2.45, 2.75) is 13.0 Å². The number of aromatic nitrogens is 1. The van der Waals surface area contributed by atoms with Gasteiger partial charge in [-0.15, -0.1) is 0 Å². The second kappa shape index (κ2) is 6.09. The van der Waals surface area contributed by atoms with E-state index in [2.05, 4.69) is 26.2 Å². The monoisotopic (exact) mass is 340 g/mol. The molecule has 4 nitrogen and oxygen atoms in total. The third-order valence-corrected chi connectivity index (χ3v) is 3.36. The Labute approximate surface area is 124 Å². The predicted octanol–water partition coefficient (Wildman–Crippen LogP) is 3.42. The van der Waals surface area contributed by atoms with Crippen LogP contribution in [0, 0.1) is 5.82 Å². The molecule has 1 amide bonds. The minimum atomic E-state index is -0.379. The standard InChI is InChI=1S/C14H14BrFN2O2/c1-8(11-6-10(16)3-4-13(11)20-2)18-14(19)12-5-9(15)7-17-12/h3-8,17H,1-2H3,(H,18,19). The largest absolute Gasteiger partial charge is 0.496 e. The molecule has 0 fully saturated rings. The highest BCUT2D eigenvalue weighted by Gasteiger charge is 2.16. The number of methoxy groups -OCH3 is 1. The predicted molar refractivity (Wildman–Crippen MR) is 77.3 cm³/mol. The van der Waals surface area contributed by atoms with Crippen LogP contribution >= 0.6 is 15.9 Å². The highest BCUT2D eigenvalue weighted by atomic mass is 79.9. The number of rotatable bonds is 4. The van der Waals surface area contributed by atoms with Gasteiger partial charge in [0, 0.05) is 16.2 Å². The first-order valence-electron chi connectivity index (χ1n) is 5.99. The summed E-state index contributed by atoms with van der Waals surface area (Å²) < 4.78 is 19.3. The summed E-state index contributed by atoms with van der Waals surface area (Å²) in [4.78, 5) is 14.9. The molecule has 6 heteroatoms. The molecule has 0 saturated heterocycles. The van der Waals surface area contributed by atoms with E-state index >= 15 is 0 Å². The molecule has 2 rings (SSSR count). The average Bonchev–Trinajstić information content (AvgIpc) is 2.85. The fourth-order valence-electron chi connectivity index (χ4n) is 1.89. The molecule has 0 aliphatic rings. The molecule has 1 atom stereocenters. The number of amides is 1. The lowest BCUT2D eigenvalue weighted by atomic mass is 10.1. The van der Waals surface area contributed by atoms with Crippen molar-refractivity contribution in [1.29, 1.82) is 0 Å². The lowest BCUT2D eigenvalue weighted by molar-refractivity contribution is 0.0935. The van der Waals surface area contributed by atoms with Crippen LogP contribution < -0.4 is 10.1 Å². The molecule has 1 heterocycles. The highest BCUT2D eigenvalue weighted by Crippen LogP contribution is 2.26. The molecular weight excluding hydrogens is 327 g/mol. The number of carbonyl (C=O) groups excluding carboxylic acids is 1. The van der Waals surface area contributed by atoms with Crippen molar-refractivity contribution in [1.82, 2.24) is 10.3 Å². The lowest BCUT2D eigenvalue weighted by Gasteiger charge is -2.17. The van der Waals surface area contributed by atoms with Crippen LogP contribution in [0.5, 0.6) is 5.75 Å². The van der Waals surface area contributed by atoms with Crippen LogP contribution in [0.3, 0.4) is 0 Å². The van der Waals surface area contributed by atoms with Gasteiger partial charge in [0.2, 0.25) is 0 Å². The second-order valence-electron chi connectivity index (χ2n) is 4.31. The Kier molecular flexibility index (Phi) is 4.44.